The van der Waals surface area contributed by atoms with Crippen LogP contribution in [0.2, 0.25) is 0 Å². The molecule has 1 aromatic carbocycles. The zero-order valence-corrected chi connectivity index (χ0v) is 11.9. The van der Waals surface area contributed by atoms with E-state index in [2.05, 4.69) is 21.2 Å². The van der Waals surface area contributed by atoms with Gasteiger partial charge < -0.3 is 11.1 Å². The standard InChI is InChI=1S/C12H14BrFN2O2/c1-12(2,3)16-11(18)10(17)6-4-7(13)9(15)8(14)5-6/h4-5H,15H2,1-3H3,(H,16,18). The number of hydrogen-bond donors (Lipinski definition) is 2. The van der Waals surface area contributed by atoms with Crippen molar-refractivity contribution in [1.82, 2.24) is 5.32 Å². The summed E-state index contributed by atoms with van der Waals surface area (Å²) in [6.07, 6.45) is 0. The fraction of sp³-hybridized carbons (Fsp3) is 0.333. The number of carbonyl (C=O) groups excluding carboxylic acids is 2. The number of anilines is 1. The molecule has 0 aliphatic carbocycles. The molecule has 0 saturated carbocycles. The summed E-state index contributed by atoms with van der Waals surface area (Å²) in [6, 6.07) is 2.27. The van der Waals surface area contributed by atoms with E-state index < -0.39 is 23.0 Å². The first-order chi connectivity index (χ1) is 8.11. The Balaban J connectivity index is 3.02. The molecule has 0 atom stereocenters. The van der Waals surface area contributed by atoms with Crippen LogP contribution in [0, 0.1) is 5.82 Å². The molecule has 1 amide bonds. The molecular weight excluding hydrogens is 303 g/mol. The van der Waals surface area contributed by atoms with Crippen molar-refractivity contribution in [3.8, 4) is 0 Å². The highest BCUT2D eigenvalue weighted by Gasteiger charge is 2.23. The topological polar surface area (TPSA) is 72.2 Å². The van der Waals surface area contributed by atoms with E-state index >= 15 is 0 Å². The molecule has 0 radical (unpaired) electrons. The van der Waals surface area contributed by atoms with Gasteiger partial charge in [0.15, 0.2) is 0 Å². The van der Waals surface area contributed by atoms with Gasteiger partial charge in [0.05, 0.1) is 5.69 Å². The van der Waals surface area contributed by atoms with E-state index in [-0.39, 0.29) is 15.7 Å². The zero-order chi connectivity index (χ0) is 14.1. The Morgan fingerprint density at radius 3 is 2.33 bits per heavy atom. The van der Waals surface area contributed by atoms with Crippen molar-refractivity contribution in [2.24, 2.45) is 0 Å². The molecule has 0 unspecified atom stereocenters. The summed E-state index contributed by atoms with van der Waals surface area (Å²) in [5, 5.41) is 2.51. The molecule has 0 spiro atoms. The van der Waals surface area contributed by atoms with Crippen LogP contribution in [-0.4, -0.2) is 17.2 Å². The van der Waals surface area contributed by atoms with Crippen molar-refractivity contribution in [2.45, 2.75) is 26.3 Å². The van der Waals surface area contributed by atoms with Crippen molar-refractivity contribution in [3.63, 3.8) is 0 Å². The van der Waals surface area contributed by atoms with E-state index in [0.717, 1.165) is 6.07 Å². The van der Waals surface area contributed by atoms with Gasteiger partial charge in [-0.1, -0.05) is 0 Å². The van der Waals surface area contributed by atoms with E-state index in [9.17, 15) is 14.0 Å². The minimum Gasteiger partial charge on any atom is -0.395 e. The lowest BCUT2D eigenvalue weighted by molar-refractivity contribution is -0.118. The quantitative estimate of drug-likeness (QED) is 0.499. The maximum Gasteiger partial charge on any atom is 0.292 e. The molecule has 1 aromatic rings. The second-order valence-electron chi connectivity index (χ2n) is 4.89. The van der Waals surface area contributed by atoms with Crippen LogP contribution in [-0.2, 0) is 4.79 Å². The fourth-order valence-electron chi connectivity index (χ4n) is 1.24. The molecule has 0 bridgehead atoms. The molecule has 6 heteroatoms. The third kappa shape index (κ3) is 3.53. The smallest absolute Gasteiger partial charge is 0.292 e. The lowest BCUT2D eigenvalue weighted by Crippen LogP contribution is -2.44. The average molecular weight is 317 g/mol. The number of nitrogens with one attached hydrogen (secondary N) is 1. The highest BCUT2D eigenvalue weighted by atomic mass is 79.9. The number of amides is 1. The van der Waals surface area contributed by atoms with Gasteiger partial charge in [0.1, 0.15) is 5.82 Å². The van der Waals surface area contributed by atoms with Crippen molar-refractivity contribution in [2.75, 3.05) is 5.73 Å². The van der Waals surface area contributed by atoms with Crippen LogP contribution >= 0.6 is 15.9 Å². The van der Waals surface area contributed by atoms with Crippen molar-refractivity contribution in [3.05, 3.63) is 28.0 Å². The van der Waals surface area contributed by atoms with Crippen molar-refractivity contribution < 1.29 is 14.0 Å². The molecule has 0 aliphatic rings. The second kappa shape index (κ2) is 5.06. The van der Waals surface area contributed by atoms with Gasteiger partial charge in [-0.2, -0.15) is 0 Å². The molecule has 98 valence electrons. The number of Topliss-reactive ketones (excluding diaryl/α,β-unsaturated/α-hetero) is 1. The Labute approximate surface area is 113 Å². The first-order valence-electron chi connectivity index (χ1n) is 5.23. The lowest BCUT2D eigenvalue weighted by Gasteiger charge is -2.19. The number of nitrogen functional groups attached to an aromatic ring is 1. The zero-order valence-electron chi connectivity index (χ0n) is 10.3. The number of nitrogens with two attached hydrogens (primary N) is 1. The number of rotatable bonds is 2. The number of ketones is 1. The third-order valence-electron chi connectivity index (χ3n) is 2.04. The fourth-order valence-corrected chi connectivity index (χ4v) is 1.68. The second-order valence-corrected chi connectivity index (χ2v) is 5.74. The van der Waals surface area contributed by atoms with Crippen molar-refractivity contribution in [1.29, 1.82) is 0 Å². The van der Waals surface area contributed by atoms with Gasteiger partial charge in [0.25, 0.3) is 5.91 Å². The third-order valence-corrected chi connectivity index (χ3v) is 2.69. The summed E-state index contributed by atoms with van der Waals surface area (Å²) in [6.45, 7) is 5.24. The van der Waals surface area contributed by atoms with Gasteiger partial charge in [0, 0.05) is 15.6 Å². The van der Waals surface area contributed by atoms with Crippen LogP contribution < -0.4 is 11.1 Å². The van der Waals surface area contributed by atoms with Crippen LogP contribution in [0.1, 0.15) is 31.1 Å². The number of hydrogen-bond acceptors (Lipinski definition) is 3. The van der Waals surface area contributed by atoms with Gasteiger partial charge in [-0.15, -0.1) is 0 Å². The Morgan fingerprint density at radius 2 is 1.89 bits per heavy atom. The monoisotopic (exact) mass is 316 g/mol. The Bertz CT molecular complexity index is 486. The number of carbonyl (C=O) groups is 2. The van der Waals surface area contributed by atoms with E-state index in [1.165, 1.54) is 6.07 Å². The minimum absolute atomic E-state index is 0.0460. The summed E-state index contributed by atoms with van der Waals surface area (Å²) in [5.41, 5.74) is 4.72. The maximum absolute atomic E-state index is 13.4. The molecule has 0 fully saturated rings. The maximum atomic E-state index is 13.4. The van der Waals surface area contributed by atoms with E-state index in [1.807, 2.05) is 0 Å². The lowest BCUT2D eigenvalue weighted by atomic mass is 10.1. The Kier molecular flexibility index (Phi) is 4.11. The van der Waals surface area contributed by atoms with Gasteiger partial charge in [-0.25, -0.2) is 4.39 Å². The molecule has 0 aromatic heterocycles. The van der Waals surface area contributed by atoms with Gasteiger partial charge in [0.2, 0.25) is 5.78 Å². The van der Waals surface area contributed by atoms with Gasteiger partial charge in [-0.3, -0.25) is 9.59 Å². The summed E-state index contributed by atoms with van der Waals surface area (Å²) < 4.78 is 13.6. The van der Waals surface area contributed by atoms with Gasteiger partial charge in [-0.05, 0) is 48.8 Å². The van der Waals surface area contributed by atoms with Crippen LogP contribution in [0.4, 0.5) is 10.1 Å². The SMILES string of the molecule is CC(C)(C)NC(=O)C(=O)c1cc(F)c(N)c(Br)c1. The molecular formula is C12H14BrFN2O2. The predicted octanol–water partition coefficient (Wildman–Crippen LogP) is 2.27. The van der Waals surface area contributed by atoms with Crippen LogP contribution in [0.3, 0.4) is 0 Å². The highest BCUT2D eigenvalue weighted by molar-refractivity contribution is 9.10. The van der Waals surface area contributed by atoms with Crippen LogP contribution in [0.15, 0.2) is 16.6 Å². The summed E-state index contributed by atoms with van der Waals surface area (Å²) in [4.78, 5) is 23.4. The molecule has 3 N–H and O–H groups in total. The van der Waals surface area contributed by atoms with E-state index in [0.29, 0.717) is 0 Å². The van der Waals surface area contributed by atoms with Crippen LogP contribution in [0.25, 0.3) is 0 Å². The van der Waals surface area contributed by atoms with Crippen molar-refractivity contribution >= 4 is 33.3 Å². The predicted molar refractivity (Wildman–Crippen MR) is 70.7 cm³/mol. The Morgan fingerprint density at radius 1 is 1.33 bits per heavy atom. The molecule has 0 saturated heterocycles. The summed E-state index contributed by atoms with van der Waals surface area (Å²) >= 11 is 3.03. The largest absolute Gasteiger partial charge is 0.395 e. The first-order valence-corrected chi connectivity index (χ1v) is 6.02. The molecule has 1 rings (SSSR count). The normalized spacial score (nSPS) is 11.2. The van der Waals surface area contributed by atoms with Crippen LogP contribution in [0.5, 0.6) is 0 Å². The molecule has 18 heavy (non-hydrogen) atoms. The summed E-state index contributed by atoms with van der Waals surface area (Å²) in [5.74, 6) is -2.32. The first kappa shape index (κ1) is 14.6. The van der Waals surface area contributed by atoms with Gasteiger partial charge >= 0.3 is 0 Å². The Hall–Kier alpha value is -1.43. The molecule has 4 nitrogen and oxygen atoms in total. The molecule has 0 heterocycles. The van der Waals surface area contributed by atoms with E-state index in [4.69, 9.17) is 5.73 Å². The summed E-state index contributed by atoms with van der Waals surface area (Å²) in [7, 11) is 0. The number of benzene rings is 1. The number of halogens is 2. The average Bonchev–Trinajstić information content (AvgIpc) is 2.21. The minimum atomic E-state index is -0.801. The highest BCUT2D eigenvalue weighted by Crippen LogP contribution is 2.24. The van der Waals surface area contributed by atoms with E-state index in [1.54, 1.807) is 20.8 Å². The molecule has 0 aliphatic heterocycles.